The van der Waals surface area contributed by atoms with E-state index in [9.17, 15) is 8.42 Å². The quantitative estimate of drug-likeness (QED) is 0.781. The first-order valence-corrected chi connectivity index (χ1v) is 9.37. The van der Waals surface area contributed by atoms with Crippen LogP contribution in [-0.2, 0) is 10.0 Å². The fourth-order valence-electron chi connectivity index (χ4n) is 2.43. The van der Waals surface area contributed by atoms with Gasteiger partial charge >= 0.3 is 0 Å². The monoisotopic (exact) mass is 406 g/mol. The predicted molar refractivity (Wildman–Crippen MR) is 94.1 cm³/mol. The first kappa shape index (κ1) is 20.3. The molecule has 2 rings (SSSR count). The summed E-state index contributed by atoms with van der Waals surface area (Å²) in [5.74, 6) is 0.498. The summed E-state index contributed by atoms with van der Waals surface area (Å²) in [5.41, 5.74) is 0. The van der Waals surface area contributed by atoms with E-state index >= 15 is 0 Å². The Balaban J connectivity index is 0.00000242. The fraction of sp³-hybridized carbons (Fsp3) is 0.538. The molecule has 0 radical (unpaired) electrons. The van der Waals surface area contributed by atoms with Crippen LogP contribution in [0.3, 0.4) is 0 Å². The molecule has 0 aromatic heterocycles. The van der Waals surface area contributed by atoms with Crippen molar-refractivity contribution in [3.8, 4) is 0 Å². The summed E-state index contributed by atoms with van der Waals surface area (Å²) in [6.07, 6.45) is 3.04. The van der Waals surface area contributed by atoms with E-state index in [4.69, 9.17) is 34.8 Å². The van der Waals surface area contributed by atoms with E-state index in [1.54, 1.807) is 0 Å². The van der Waals surface area contributed by atoms with Gasteiger partial charge in [0.25, 0.3) is 0 Å². The zero-order chi connectivity index (χ0) is 15.5. The summed E-state index contributed by atoms with van der Waals surface area (Å²) >= 11 is 17.7. The number of piperidine rings is 1. The van der Waals surface area contributed by atoms with Crippen LogP contribution in [0.25, 0.3) is 0 Å². The number of rotatable bonds is 5. The van der Waals surface area contributed by atoms with E-state index in [1.807, 2.05) is 0 Å². The Morgan fingerprint density at radius 2 is 1.86 bits per heavy atom. The van der Waals surface area contributed by atoms with E-state index in [2.05, 4.69) is 10.0 Å². The van der Waals surface area contributed by atoms with Crippen molar-refractivity contribution < 1.29 is 8.42 Å². The topological polar surface area (TPSA) is 58.2 Å². The van der Waals surface area contributed by atoms with Gasteiger partial charge in [0.2, 0.25) is 10.0 Å². The molecule has 0 amide bonds. The van der Waals surface area contributed by atoms with Crippen LogP contribution < -0.4 is 10.0 Å². The average Bonchev–Trinajstić information content (AvgIpc) is 2.38. The van der Waals surface area contributed by atoms with Crippen LogP contribution in [-0.4, -0.2) is 28.1 Å². The third-order valence-corrected chi connectivity index (χ3v) is 6.08. The smallest absolute Gasteiger partial charge is 0.243 e. The largest absolute Gasteiger partial charge is 0.316 e. The maximum Gasteiger partial charge on any atom is 0.243 e. The lowest BCUT2D eigenvalue weighted by atomic mass is 9.96. The molecule has 1 heterocycles. The van der Waals surface area contributed by atoms with Crippen molar-refractivity contribution in [1.82, 2.24) is 10.0 Å². The zero-order valence-electron chi connectivity index (χ0n) is 11.7. The Hall–Kier alpha value is 0.250. The molecule has 2 N–H and O–H groups in total. The third kappa shape index (κ3) is 5.41. The summed E-state index contributed by atoms with van der Waals surface area (Å²) in [5, 5.41) is 3.66. The molecule has 1 aromatic rings. The lowest BCUT2D eigenvalue weighted by Gasteiger charge is -2.22. The van der Waals surface area contributed by atoms with Gasteiger partial charge in [0.1, 0.15) is 4.90 Å². The van der Waals surface area contributed by atoms with Gasteiger partial charge in [-0.3, -0.25) is 0 Å². The summed E-state index contributed by atoms with van der Waals surface area (Å²) in [4.78, 5) is -0.114. The van der Waals surface area contributed by atoms with E-state index in [1.165, 1.54) is 12.1 Å². The Morgan fingerprint density at radius 3 is 2.41 bits per heavy atom. The zero-order valence-corrected chi connectivity index (χ0v) is 15.6. The highest BCUT2D eigenvalue weighted by atomic mass is 35.5. The van der Waals surface area contributed by atoms with Crippen LogP contribution >= 0.6 is 47.2 Å². The highest BCUT2D eigenvalue weighted by molar-refractivity contribution is 7.89. The second kappa shape index (κ2) is 8.92. The molecule has 22 heavy (non-hydrogen) atoms. The van der Waals surface area contributed by atoms with Crippen molar-refractivity contribution in [2.75, 3.05) is 19.6 Å². The Kier molecular flexibility index (Phi) is 8.23. The Bertz CT molecular complexity index is 581. The number of hydrogen-bond donors (Lipinski definition) is 2. The number of sulfonamides is 1. The number of halogens is 4. The molecular weight excluding hydrogens is 390 g/mol. The second-order valence-corrected chi connectivity index (χ2v) is 8.05. The Labute approximate surface area is 152 Å². The van der Waals surface area contributed by atoms with Gasteiger partial charge in [0.05, 0.1) is 10.0 Å². The predicted octanol–water partition coefficient (Wildman–Crippen LogP) is 3.74. The van der Waals surface area contributed by atoms with Crippen LogP contribution in [0.1, 0.15) is 19.3 Å². The Morgan fingerprint density at radius 1 is 1.23 bits per heavy atom. The molecule has 1 unspecified atom stereocenters. The lowest BCUT2D eigenvalue weighted by molar-refractivity contribution is 0.358. The van der Waals surface area contributed by atoms with E-state index in [0.717, 1.165) is 32.4 Å². The first-order valence-electron chi connectivity index (χ1n) is 6.75. The van der Waals surface area contributed by atoms with Crippen molar-refractivity contribution >= 4 is 57.2 Å². The minimum absolute atomic E-state index is 0. The number of hydrogen-bond acceptors (Lipinski definition) is 3. The van der Waals surface area contributed by atoms with Gasteiger partial charge in [-0.1, -0.05) is 34.8 Å². The van der Waals surface area contributed by atoms with Gasteiger partial charge in [-0.25, -0.2) is 13.1 Å². The van der Waals surface area contributed by atoms with E-state index in [-0.39, 0.29) is 27.3 Å². The molecular formula is C13H18Cl4N2O2S. The van der Waals surface area contributed by atoms with Crippen molar-refractivity contribution in [3.63, 3.8) is 0 Å². The molecule has 4 nitrogen and oxygen atoms in total. The molecule has 1 aliphatic heterocycles. The van der Waals surface area contributed by atoms with Crippen LogP contribution in [0.2, 0.25) is 15.1 Å². The molecule has 0 saturated carbocycles. The molecule has 1 atom stereocenters. The molecule has 1 saturated heterocycles. The first-order chi connectivity index (χ1) is 9.90. The van der Waals surface area contributed by atoms with E-state index < -0.39 is 10.0 Å². The molecule has 0 spiro atoms. The highest BCUT2D eigenvalue weighted by Crippen LogP contribution is 2.32. The highest BCUT2D eigenvalue weighted by Gasteiger charge is 2.22. The molecule has 1 aromatic carbocycles. The van der Waals surface area contributed by atoms with Crippen LogP contribution in [0, 0.1) is 5.92 Å². The van der Waals surface area contributed by atoms with Gasteiger partial charge in [-0.2, -0.15) is 0 Å². The SMILES string of the molecule is Cl.O=S(=O)(NCCC1CCCNC1)c1c(Cl)cc(Cl)cc1Cl. The molecule has 126 valence electrons. The lowest BCUT2D eigenvalue weighted by Crippen LogP contribution is -2.33. The summed E-state index contributed by atoms with van der Waals surface area (Å²) < 4.78 is 27.1. The second-order valence-electron chi connectivity index (χ2n) is 5.10. The summed E-state index contributed by atoms with van der Waals surface area (Å²) in [7, 11) is -3.73. The van der Waals surface area contributed by atoms with Crippen molar-refractivity contribution in [1.29, 1.82) is 0 Å². The van der Waals surface area contributed by atoms with Gasteiger partial charge < -0.3 is 5.32 Å². The summed E-state index contributed by atoms with van der Waals surface area (Å²) in [6, 6.07) is 2.74. The van der Waals surface area contributed by atoms with Gasteiger partial charge in [-0.05, 0) is 50.4 Å². The number of benzene rings is 1. The molecule has 1 fully saturated rings. The molecule has 0 bridgehead atoms. The normalized spacial score (nSPS) is 18.8. The van der Waals surface area contributed by atoms with Crippen LogP contribution in [0.5, 0.6) is 0 Å². The maximum atomic E-state index is 12.3. The van der Waals surface area contributed by atoms with Crippen LogP contribution in [0.15, 0.2) is 17.0 Å². The molecule has 1 aliphatic rings. The van der Waals surface area contributed by atoms with Crippen molar-refractivity contribution in [2.45, 2.75) is 24.2 Å². The molecule has 9 heteroatoms. The fourth-order valence-corrected chi connectivity index (χ4v) is 5.01. The van der Waals surface area contributed by atoms with E-state index in [0.29, 0.717) is 17.5 Å². The van der Waals surface area contributed by atoms with Gasteiger partial charge in [0.15, 0.2) is 0 Å². The van der Waals surface area contributed by atoms with Crippen molar-refractivity contribution in [2.24, 2.45) is 5.92 Å². The number of nitrogens with one attached hydrogen (secondary N) is 2. The van der Waals surface area contributed by atoms with Crippen LogP contribution in [0.4, 0.5) is 0 Å². The third-order valence-electron chi connectivity index (χ3n) is 3.48. The average molecular weight is 408 g/mol. The standard InChI is InChI=1S/C13H17Cl3N2O2S.ClH/c14-10-6-11(15)13(12(16)7-10)21(19,20)18-5-3-9-2-1-4-17-8-9;/h6-7,9,17-18H,1-5,8H2;1H. The van der Waals surface area contributed by atoms with Crippen molar-refractivity contribution in [3.05, 3.63) is 27.2 Å². The minimum atomic E-state index is -3.73. The molecule has 0 aliphatic carbocycles. The minimum Gasteiger partial charge on any atom is -0.316 e. The summed E-state index contributed by atoms with van der Waals surface area (Å²) in [6.45, 7) is 2.34. The van der Waals surface area contributed by atoms with Gasteiger partial charge in [0, 0.05) is 11.6 Å². The van der Waals surface area contributed by atoms with Gasteiger partial charge in [-0.15, -0.1) is 12.4 Å². The maximum absolute atomic E-state index is 12.3.